The molecule has 1 N–H and O–H groups in total. The summed E-state index contributed by atoms with van der Waals surface area (Å²) in [6.45, 7) is 2.56. The van der Waals surface area contributed by atoms with Crippen molar-refractivity contribution in [3.63, 3.8) is 0 Å². The maximum atomic E-state index is 12.5. The molecule has 0 saturated heterocycles. The van der Waals surface area contributed by atoms with Gasteiger partial charge in [-0.1, -0.05) is 18.2 Å². The fourth-order valence-corrected chi connectivity index (χ4v) is 2.57. The van der Waals surface area contributed by atoms with E-state index in [2.05, 4.69) is 15.1 Å². The van der Waals surface area contributed by atoms with Crippen molar-refractivity contribution in [2.45, 2.75) is 13.1 Å². The molecular formula is C16H20N4O2. The first-order valence-electron chi connectivity index (χ1n) is 7.33. The largest absolute Gasteiger partial charge is 0.492 e. The highest BCUT2D eigenvalue weighted by Crippen LogP contribution is 2.23. The first-order chi connectivity index (χ1) is 10.6. The Morgan fingerprint density at radius 2 is 2.14 bits per heavy atom. The van der Waals surface area contributed by atoms with Gasteiger partial charge in [-0.15, -0.1) is 0 Å². The number of rotatable bonds is 5. The monoisotopic (exact) mass is 300 g/mol. The summed E-state index contributed by atoms with van der Waals surface area (Å²) in [6.07, 6.45) is 0. The van der Waals surface area contributed by atoms with Gasteiger partial charge in [-0.2, -0.15) is 5.10 Å². The molecule has 1 aliphatic rings. The van der Waals surface area contributed by atoms with Crippen LogP contribution in [0.2, 0.25) is 0 Å². The summed E-state index contributed by atoms with van der Waals surface area (Å²) in [4.78, 5) is 16.3. The summed E-state index contributed by atoms with van der Waals surface area (Å²) < 4.78 is 5.62. The molecule has 116 valence electrons. The van der Waals surface area contributed by atoms with Crippen molar-refractivity contribution in [2.24, 2.45) is 0 Å². The molecule has 0 spiro atoms. The van der Waals surface area contributed by atoms with Crippen molar-refractivity contribution in [3.05, 3.63) is 47.3 Å². The highest BCUT2D eigenvalue weighted by molar-refractivity contribution is 5.94. The lowest BCUT2D eigenvalue weighted by atomic mass is 10.2. The lowest BCUT2D eigenvalue weighted by molar-refractivity contribution is 0.0766. The third kappa shape index (κ3) is 2.96. The van der Waals surface area contributed by atoms with Gasteiger partial charge in [0.2, 0.25) is 0 Å². The van der Waals surface area contributed by atoms with E-state index >= 15 is 0 Å². The Morgan fingerprint density at radius 1 is 1.36 bits per heavy atom. The van der Waals surface area contributed by atoms with E-state index in [9.17, 15) is 4.79 Å². The topological polar surface area (TPSA) is 61.5 Å². The van der Waals surface area contributed by atoms with Crippen LogP contribution in [0.1, 0.15) is 21.7 Å². The van der Waals surface area contributed by atoms with Crippen molar-refractivity contribution in [1.82, 2.24) is 20.0 Å². The third-order valence-corrected chi connectivity index (χ3v) is 3.80. The van der Waals surface area contributed by atoms with E-state index in [4.69, 9.17) is 4.74 Å². The quantitative estimate of drug-likeness (QED) is 0.909. The van der Waals surface area contributed by atoms with Crippen molar-refractivity contribution in [3.8, 4) is 5.75 Å². The zero-order valence-corrected chi connectivity index (χ0v) is 12.9. The van der Waals surface area contributed by atoms with Gasteiger partial charge in [-0.25, -0.2) is 0 Å². The SMILES string of the molecule is CN1Cc2[nH]nc(C(=O)N(C)CCOc3ccccc3)c2C1. The van der Waals surface area contributed by atoms with Crippen molar-refractivity contribution in [2.75, 3.05) is 27.2 Å². The molecule has 1 aliphatic heterocycles. The highest BCUT2D eigenvalue weighted by Gasteiger charge is 2.27. The Morgan fingerprint density at radius 3 is 2.91 bits per heavy atom. The molecule has 1 aromatic heterocycles. The van der Waals surface area contributed by atoms with Gasteiger partial charge >= 0.3 is 0 Å². The molecular weight excluding hydrogens is 280 g/mol. The minimum atomic E-state index is -0.0653. The number of hydrogen-bond donors (Lipinski definition) is 1. The van der Waals surface area contributed by atoms with Crippen LogP contribution in [0.5, 0.6) is 5.75 Å². The number of carbonyl (C=O) groups excluding carboxylic acids is 1. The molecule has 0 bridgehead atoms. The van der Waals surface area contributed by atoms with Crippen LogP contribution in [0.3, 0.4) is 0 Å². The van der Waals surface area contributed by atoms with Crippen LogP contribution in [-0.4, -0.2) is 53.2 Å². The fraction of sp³-hybridized carbons (Fsp3) is 0.375. The lowest BCUT2D eigenvalue weighted by Gasteiger charge is -2.17. The van der Waals surface area contributed by atoms with E-state index in [1.54, 1.807) is 11.9 Å². The maximum absolute atomic E-state index is 12.5. The summed E-state index contributed by atoms with van der Waals surface area (Å²) in [6, 6.07) is 9.59. The molecule has 22 heavy (non-hydrogen) atoms. The van der Waals surface area contributed by atoms with Gasteiger partial charge in [0.05, 0.1) is 12.2 Å². The van der Waals surface area contributed by atoms with Crippen molar-refractivity contribution >= 4 is 5.91 Å². The number of hydrogen-bond acceptors (Lipinski definition) is 4. The number of likely N-dealkylation sites (N-methyl/N-ethyl adjacent to an activating group) is 1. The van der Waals surface area contributed by atoms with Gasteiger partial charge in [0.15, 0.2) is 5.69 Å². The highest BCUT2D eigenvalue weighted by atomic mass is 16.5. The van der Waals surface area contributed by atoms with Crippen molar-refractivity contribution in [1.29, 1.82) is 0 Å². The van der Waals surface area contributed by atoms with Gasteiger partial charge in [0, 0.05) is 25.7 Å². The summed E-state index contributed by atoms with van der Waals surface area (Å²) >= 11 is 0. The Balaban J connectivity index is 1.56. The number of aromatic nitrogens is 2. The predicted octanol–water partition coefficient (Wildman–Crippen LogP) is 1.51. The van der Waals surface area contributed by atoms with Gasteiger partial charge in [0.25, 0.3) is 5.91 Å². The number of ether oxygens (including phenoxy) is 1. The van der Waals surface area contributed by atoms with E-state index in [0.29, 0.717) is 18.8 Å². The van der Waals surface area contributed by atoms with Crippen LogP contribution in [-0.2, 0) is 13.1 Å². The van der Waals surface area contributed by atoms with Crippen LogP contribution in [0.15, 0.2) is 30.3 Å². The van der Waals surface area contributed by atoms with E-state index in [1.165, 1.54) is 0 Å². The maximum Gasteiger partial charge on any atom is 0.274 e. The lowest BCUT2D eigenvalue weighted by Crippen LogP contribution is -2.31. The summed E-state index contributed by atoms with van der Waals surface area (Å²) in [5, 5.41) is 7.14. The van der Waals surface area contributed by atoms with E-state index in [1.807, 2.05) is 37.4 Å². The molecule has 0 atom stereocenters. The van der Waals surface area contributed by atoms with Crippen LogP contribution < -0.4 is 4.74 Å². The second-order valence-electron chi connectivity index (χ2n) is 5.59. The first-order valence-corrected chi connectivity index (χ1v) is 7.33. The molecule has 3 rings (SSSR count). The Labute approximate surface area is 129 Å². The Kier molecular flexibility index (Phi) is 4.11. The number of amides is 1. The minimum absolute atomic E-state index is 0.0653. The van der Waals surface area contributed by atoms with Crippen LogP contribution in [0.25, 0.3) is 0 Å². The first kappa shape index (κ1) is 14.6. The molecule has 0 aliphatic carbocycles. The molecule has 2 aromatic rings. The molecule has 0 unspecified atom stereocenters. The number of fused-ring (bicyclic) bond motifs is 1. The smallest absolute Gasteiger partial charge is 0.274 e. The zero-order chi connectivity index (χ0) is 15.5. The van der Waals surface area contributed by atoms with Crippen LogP contribution in [0, 0.1) is 0 Å². The third-order valence-electron chi connectivity index (χ3n) is 3.80. The average Bonchev–Trinajstić information content (AvgIpc) is 3.06. The fourth-order valence-electron chi connectivity index (χ4n) is 2.57. The molecule has 6 heteroatoms. The van der Waals surface area contributed by atoms with Gasteiger partial charge < -0.3 is 9.64 Å². The Hall–Kier alpha value is -2.34. The van der Waals surface area contributed by atoms with E-state index in [0.717, 1.165) is 30.1 Å². The standard InChI is InChI=1S/C16H20N4O2/c1-19-10-13-14(11-19)17-18-15(13)16(21)20(2)8-9-22-12-6-4-3-5-7-12/h3-7H,8-11H2,1-2H3,(H,17,18). The number of aromatic amines is 1. The number of H-pyrrole nitrogens is 1. The molecule has 2 heterocycles. The van der Waals surface area contributed by atoms with Gasteiger partial charge in [0.1, 0.15) is 12.4 Å². The Bertz CT molecular complexity index is 653. The molecule has 1 amide bonds. The van der Waals surface area contributed by atoms with Crippen LogP contribution >= 0.6 is 0 Å². The van der Waals surface area contributed by atoms with Gasteiger partial charge in [-0.05, 0) is 19.2 Å². The second-order valence-corrected chi connectivity index (χ2v) is 5.59. The minimum Gasteiger partial charge on any atom is -0.492 e. The summed E-state index contributed by atoms with van der Waals surface area (Å²) in [5.41, 5.74) is 2.59. The number of benzene rings is 1. The molecule has 6 nitrogen and oxygen atoms in total. The normalized spacial score (nSPS) is 13.9. The van der Waals surface area contributed by atoms with Crippen LogP contribution in [0.4, 0.5) is 0 Å². The number of para-hydroxylation sites is 1. The summed E-state index contributed by atoms with van der Waals surface area (Å²) in [7, 11) is 3.80. The predicted molar refractivity (Wildman–Crippen MR) is 82.7 cm³/mol. The molecule has 0 saturated carbocycles. The number of carbonyl (C=O) groups is 1. The zero-order valence-electron chi connectivity index (χ0n) is 12.9. The van der Waals surface area contributed by atoms with Crippen molar-refractivity contribution < 1.29 is 9.53 Å². The molecule has 1 aromatic carbocycles. The average molecular weight is 300 g/mol. The number of nitrogens with zero attached hydrogens (tertiary/aromatic N) is 3. The molecule has 0 fully saturated rings. The van der Waals surface area contributed by atoms with Gasteiger partial charge in [-0.3, -0.25) is 14.8 Å². The van der Waals surface area contributed by atoms with E-state index < -0.39 is 0 Å². The number of nitrogens with one attached hydrogen (secondary N) is 1. The second kappa shape index (κ2) is 6.19. The van der Waals surface area contributed by atoms with E-state index in [-0.39, 0.29) is 5.91 Å². The molecule has 0 radical (unpaired) electrons. The summed E-state index contributed by atoms with van der Waals surface area (Å²) in [5.74, 6) is 0.745.